The van der Waals surface area contributed by atoms with E-state index in [1.165, 1.54) is 0 Å². The maximum absolute atomic E-state index is 12.4. The van der Waals surface area contributed by atoms with Crippen molar-refractivity contribution in [2.45, 2.75) is 46.7 Å². The number of nitrogens with zero attached hydrogens (tertiary/aromatic N) is 3. The van der Waals surface area contributed by atoms with Gasteiger partial charge >= 0.3 is 6.03 Å². The van der Waals surface area contributed by atoms with Crippen LogP contribution in [0.15, 0.2) is 10.6 Å². The minimum Gasteiger partial charge on any atom is -0.379 e. The predicted molar refractivity (Wildman–Crippen MR) is 92.6 cm³/mol. The second-order valence-corrected chi connectivity index (χ2v) is 6.50. The lowest BCUT2D eigenvalue weighted by Crippen LogP contribution is -2.43. The summed E-state index contributed by atoms with van der Waals surface area (Å²) in [7, 11) is 0. The lowest BCUT2D eigenvalue weighted by Gasteiger charge is -2.18. The van der Waals surface area contributed by atoms with E-state index in [0.29, 0.717) is 19.6 Å². The first-order chi connectivity index (χ1) is 12.0. The molecule has 0 bridgehead atoms. The Balaban J connectivity index is 1.61. The van der Waals surface area contributed by atoms with Crippen molar-refractivity contribution in [2.24, 2.45) is 5.92 Å². The van der Waals surface area contributed by atoms with E-state index in [2.05, 4.69) is 20.9 Å². The van der Waals surface area contributed by atoms with Crippen LogP contribution in [0.25, 0.3) is 0 Å². The van der Waals surface area contributed by atoms with Crippen LogP contribution < -0.4 is 10.6 Å². The molecule has 2 atom stereocenters. The molecular formula is C17H25N5O3. The van der Waals surface area contributed by atoms with Gasteiger partial charge in [-0.3, -0.25) is 4.68 Å². The first-order valence-corrected chi connectivity index (χ1v) is 8.59. The number of urea groups is 1. The highest BCUT2D eigenvalue weighted by Gasteiger charge is 2.31. The molecule has 2 aromatic rings. The van der Waals surface area contributed by atoms with Gasteiger partial charge in [-0.25, -0.2) is 4.79 Å². The average molecular weight is 347 g/mol. The predicted octanol–water partition coefficient (Wildman–Crippen LogP) is 2.20. The van der Waals surface area contributed by atoms with Gasteiger partial charge in [0, 0.05) is 24.9 Å². The number of nitrogens with one attached hydrogen (secondary N) is 2. The Kier molecular flexibility index (Phi) is 5.08. The largest absolute Gasteiger partial charge is 0.379 e. The van der Waals surface area contributed by atoms with E-state index >= 15 is 0 Å². The molecule has 1 saturated heterocycles. The number of aromatic nitrogens is 3. The second-order valence-electron chi connectivity index (χ2n) is 6.50. The lowest BCUT2D eigenvalue weighted by molar-refractivity contribution is 0.181. The summed E-state index contributed by atoms with van der Waals surface area (Å²) >= 11 is 0. The topological polar surface area (TPSA) is 94.2 Å². The SMILES string of the molecule is CCn1nc(C)c(NC(=O)NC2COCC2Cc2cc(C)no2)c1C. The maximum atomic E-state index is 12.4. The number of carbonyl (C=O) groups is 1. The summed E-state index contributed by atoms with van der Waals surface area (Å²) in [6.07, 6.45) is 0.692. The molecule has 1 aliphatic rings. The molecule has 2 N–H and O–H groups in total. The Morgan fingerprint density at radius 1 is 1.36 bits per heavy atom. The molecule has 136 valence electrons. The second kappa shape index (κ2) is 7.26. The van der Waals surface area contributed by atoms with Gasteiger partial charge in [-0.05, 0) is 27.7 Å². The van der Waals surface area contributed by atoms with Crippen LogP contribution in [0, 0.1) is 26.7 Å². The Morgan fingerprint density at radius 3 is 2.80 bits per heavy atom. The fourth-order valence-corrected chi connectivity index (χ4v) is 3.23. The van der Waals surface area contributed by atoms with E-state index in [9.17, 15) is 4.79 Å². The first-order valence-electron chi connectivity index (χ1n) is 8.59. The third kappa shape index (κ3) is 3.84. The zero-order valence-electron chi connectivity index (χ0n) is 15.1. The fraction of sp³-hybridized carbons (Fsp3) is 0.588. The fourth-order valence-electron chi connectivity index (χ4n) is 3.23. The van der Waals surface area contributed by atoms with Crippen molar-refractivity contribution < 1.29 is 14.1 Å². The van der Waals surface area contributed by atoms with Gasteiger partial charge in [-0.2, -0.15) is 5.10 Å². The highest BCUT2D eigenvalue weighted by atomic mass is 16.5. The maximum Gasteiger partial charge on any atom is 0.319 e. The quantitative estimate of drug-likeness (QED) is 0.865. The van der Waals surface area contributed by atoms with Crippen LogP contribution in [0.1, 0.15) is 29.8 Å². The number of amides is 2. The van der Waals surface area contributed by atoms with Gasteiger partial charge in [0.1, 0.15) is 5.76 Å². The first kappa shape index (κ1) is 17.5. The molecule has 8 heteroatoms. The van der Waals surface area contributed by atoms with E-state index in [-0.39, 0.29) is 18.0 Å². The van der Waals surface area contributed by atoms with Gasteiger partial charge in [0.15, 0.2) is 0 Å². The number of carbonyl (C=O) groups excluding carboxylic acids is 1. The van der Waals surface area contributed by atoms with Crippen LogP contribution >= 0.6 is 0 Å². The number of hydrogen-bond donors (Lipinski definition) is 2. The normalized spacial score (nSPS) is 20.0. The Labute approximate surface area is 146 Å². The van der Waals surface area contributed by atoms with Crippen molar-refractivity contribution in [3.63, 3.8) is 0 Å². The summed E-state index contributed by atoms with van der Waals surface area (Å²) in [5.74, 6) is 0.981. The van der Waals surface area contributed by atoms with Gasteiger partial charge in [-0.1, -0.05) is 5.16 Å². The molecule has 3 heterocycles. The monoisotopic (exact) mass is 347 g/mol. The van der Waals surface area contributed by atoms with E-state index in [4.69, 9.17) is 9.26 Å². The number of aryl methyl sites for hydroxylation is 3. The third-order valence-corrected chi connectivity index (χ3v) is 4.57. The van der Waals surface area contributed by atoms with E-state index < -0.39 is 0 Å². The Bertz CT molecular complexity index is 752. The van der Waals surface area contributed by atoms with Gasteiger partial charge in [-0.15, -0.1) is 0 Å². The highest BCUT2D eigenvalue weighted by Crippen LogP contribution is 2.21. The molecule has 1 aliphatic heterocycles. The smallest absolute Gasteiger partial charge is 0.319 e. The molecule has 2 aromatic heterocycles. The molecule has 0 saturated carbocycles. The van der Waals surface area contributed by atoms with E-state index in [1.807, 2.05) is 38.4 Å². The van der Waals surface area contributed by atoms with Crippen molar-refractivity contribution in [3.8, 4) is 0 Å². The van der Waals surface area contributed by atoms with E-state index in [1.54, 1.807) is 0 Å². The summed E-state index contributed by atoms with van der Waals surface area (Å²) < 4.78 is 12.7. The van der Waals surface area contributed by atoms with Crippen molar-refractivity contribution in [3.05, 3.63) is 28.9 Å². The summed E-state index contributed by atoms with van der Waals surface area (Å²) in [6.45, 7) is 9.62. The van der Waals surface area contributed by atoms with Crippen molar-refractivity contribution >= 4 is 11.7 Å². The summed E-state index contributed by atoms with van der Waals surface area (Å²) in [4.78, 5) is 12.4. The number of anilines is 1. The molecule has 0 aliphatic carbocycles. The van der Waals surface area contributed by atoms with Gasteiger partial charge < -0.3 is 19.9 Å². The average Bonchev–Trinajstić information content (AvgIpc) is 3.24. The standard InChI is InChI=1S/C17H25N5O3/c1-5-22-12(4)16(11(3)20-22)19-17(23)18-15-9-24-8-13(15)7-14-6-10(2)21-25-14/h6,13,15H,5,7-9H2,1-4H3,(H2,18,19,23). The van der Waals surface area contributed by atoms with Crippen molar-refractivity contribution in [2.75, 3.05) is 18.5 Å². The molecule has 0 radical (unpaired) electrons. The summed E-state index contributed by atoms with van der Waals surface area (Å²) in [6, 6.07) is 1.62. The minimum absolute atomic E-state index is 0.0627. The van der Waals surface area contributed by atoms with Crippen LogP contribution in [-0.2, 0) is 17.7 Å². The van der Waals surface area contributed by atoms with Crippen molar-refractivity contribution in [1.82, 2.24) is 20.3 Å². The zero-order valence-corrected chi connectivity index (χ0v) is 15.1. The summed E-state index contributed by atoms with van der Waals surface area (Å²) in [5.41, 5.74) is 3.38. The number of hydrogen-bond acceptors (Lipinski definition) is 5. The van der Waals surface area contributed by atoms with Crippen LogP contribution in [0.3, 0.4) is 0 Å². The van der Waals surface area contributed by atoms with Crippen LogP contribution in [-0.4, -0.2) is 40.2 Å². The molecule has 3 rings (SSSR count). The summed E-state index contributed by atoms with van der Waals surface area (Å²) in [5, 5.41) is 14.3. The lowest BCUT2D eigenvalue weighted by atomic mass is 9.98. The minimum atomic E-state index is -0.240. The third-order valence-electron chi connectivity index (χ3n) is 4.57. The molecule has 25 heavy (non-hydrogen) atoms. The van der Waals surface area contributed by atoms with Crippen LogP contribution in [0.5, 0.6) is 0 Å². The highest BCUT2D eigenvalue weighted by molar-refractivity contribution is 5.90. The molecule has 2 amide bonds. The number of ether oxygens (including phenoxy) is 1. The van der Waals surface area contributed by atoms with Gasteiger partial charge in [0.25, 0.3) is 0 Å². The molecule has 2 unspecified atom stereocenters. The molecule has 1 fully saturated rings. The zero-order chi connectivity index (χ0) is 18.0. The van der Waals surface area contributed by atoms with Gasteiger partial charge in [0.2, 0.25) is 0 Å². The molecule has 8 nitrogen and oxygen atoms in total. The molecule has 0 aromatic carbocycles. The molecule has 0 spiro atoms. The van der Waals surface area contributed by atoms with Crippen molar-refractivity contribution in [1.29, 1.82) is 0 Å². The molecular weight excluding hydrogens is 322 g/mol. The Hall–Kier alpha value is -2.35. The Morgan fingerprint density at radius 2 is 2.16 bits per heavy atom. The number of rotatable bonds is 5. The van der Waals surface area contributed by atoms with Gasteiger partial charge in [0.05, 0.1) is 42.0 Å². The van der Waals surface area contributed by atoms with Crippen LogP contribution in [0.4, 0.5) is 10.5 Å². The van der Waals surface area contributed by atoms with Crippen LogP contribution in [0.2, 0.25) is 0 Å². The van der Waals surface area contributed by atoms with E-state index in [0.717, 1.165) is 35.1 Å².